The van der Waals surface area contributed by atoms with Crippen LogP contribution in [0.25, 0.3) is 5.57 Å². The number of rotatable bonds is 4. The third-order valence-corrected chi connectivity index (χ3v) is 2.24. The second kappa shape index (κ2) is 5.86. The smallest absolute Gasteiger partial charge is 0.339 e. The van der Waals surface area contributed by atoms with E-state index in [-0.39, 0.29) is 5.56 Å². The number of hydrogen-bond acceptors (Lipinski definition) is 4. The average Bonchev–Trinajstić information content (AvgIpc) is 2.35. The summed E-state index contributed by atoms with van der Waals surface area (Å²) in [5.74, 6) is -1.47. The van der Waals surface area contributed by atoms with E-state index in [0.717, 1.165) is 0 Å². The SMILES string of the molecule is COC(=O)/C(=C\N(C)C)c1ccc(C(=O)O)cc1. The van der Waals surface area contributed by atoms with E-state index in [2.05, 4.69) is 0 Å². The molecule has 0 aliphatic rings. The van der Waals surface area contributed by atoms with Crippen LogP contribution in [0.5, 0.6) is 0 Å². The van der Waals surface area contributed by atoms with Crippen LogP contribution in [0.2, 0.25) is 0 Å². The van der Waals surface area contributed by atoms with Crippen molar-refractivity contribution in [2.24, 2.45) is 0 Å². The van der Waals surface area contributed by atoms with Gasteiger partial charge in [-0.25, -0.2) is 9.59 Å². The van der Waals surface area contributed by atoms with Gasteiger partial charge in [0.25, 0.3) is 0 Å². The second-order valence-electron chi connectivity index (χ2n) is 3.88. The first-order chi connectivity index (χ1) is 8.45. The summed E-state index contributed by atoms with van der Waals surface area (Å²) in [6.45, 7) is 0. The maximum absolute atomic E-state index is 11.6. The molecule has 5 heteroatoms. The number of aromatic carboxylic acids is 1. The number of carbonyl (C=O) groups excluding carboxylic acids is 1. The number of methoxy groups -OCH3 is 1. The van der Waals surface area contributed by atoms with Crippen LogP contribution in [0.15, 0.2) is 30.5 Å². The van der Waals surface area contributed by atoms with Crippen LogP contribution >= 0.6 is 0 Å². The minimum atomic E-state index is -1.00. The largest absolute Gasteiger partial charge is 0.478 e. The highest BCUT2D eigenvalue weighted by Gasteiger charge is 2.13. The van der Waals surface area contributed by atoms with Crippen LogP contribution in [0.3, 0.4) is 0 Å². The maximum Gasteiger partial charge on any atom is 0.339 e. The normalized spacial score (nSPS) is 10.9. The Balaban J connectivity index is 3.14. The highest BCUT2D eigenvalue weighted by atomic mass is 16.5. The van der Waals surface area contributed by atoms with Crippen LogP contribution in [0, 0.1) is 0 Å². The van der Waals surface area contributed by atoms with Gasteiger partial charge in [0.1, 0.15) is 0 Å². The molecule has 0 saturated carbocycles. The second-order valence-corrected chi connectivity index (χ2v) is 3.88. The quantitative estimate of drug-likeness (QED) is 0.646. The lowest BCUT2D eigenvalue weighted by molar-refractivity contribution is -0.133. The van der Waals surface area contributed by atoms with Gasteiger partial charge in [0.05, 0.1) is 18.2 Å². The van der Waals surface area contributed by atoms with E-state index in [9.17, 15) is 9.59 Å². The van der Waals surface area contributed by atoms with Gasteiger partial charge >= 0.3 is 11.9 Å². The van der Waals surface area contributed by atoms with Crippen molar-refractivity contribution in [3.8, 4) is 0 Å². The van der Waals surface area contributed by atoms with Gasteiger partial charge in [0, 0.05) is 20.3 Å². The summed E-state index contributed by atoms with van der Waals surface area (Å²) in [5.41, 5.74) is 1.16. The van der Waals surface area contributed by atoms with Gasteiger partial charge in [-0.05, 0) is 17.7 Å². The molecular formula is C13H15NO4. The van der Waals surface area contributed by atoms with Gasteiger partial charge in [-0.2, -0.15) is 0 Å². The fourth-order valence-electron chi connectivity index (χ4n) is 1.41. The van der Waals surface area contributed by atoms with Crippen molar-refractivity contribution >= 4 is 17.5 Å². The molecule has 0 amide bonds. The Kier molecular flexibility index (Phi) is 4.48. The van der Waals surface area contributed by atoms with E-state index in [0.29, 0.717) is 11.1 Å². The molecule has 96 valence electrons. The Hall–Kier alpha value is -2.30. The summed E-state index contributed by atoms with van der Waals surface area (Å²) in [6.07, 6.45) is 1.63. The molecule has 5 nitrogen and oxygen atoms in total. The monoisotopic (exact) mass is 249 g/mol. The van der Waals surface area contributed by atoms with Gasteiger partial charge in [0.2, 0.25) is 0 Å². The molecule has 0 aliphatic heterocycles. The summed E-state index contributed by atoms with van der Waals surface area (Å²) in [7, 11) is 4.88. The molecule has 1 N–H and O–H groups in total. The molecule has 0 aliphatic carbocycles. The highest BCUT2D eigenvalue weighted by Crippen LogP contribution is 2.17. The predicted octanol–water partition coefficient (Wildman–Crippen LogP) is 1.46. The van der Waals surface area contributed by atoms with Crippen molar-refractivity contribution < 1.29 is 19.4 Å². The maximum atomic E-state index is 11.6. The standard InChI is InChI=1S/C13H15NO4/c1-14(2)8-11(13(17)18-3)9-4-6-10(7-5-9)12(15)16/h4-8H,1-3H3,(H,15,16)/b11-8-. The number of benzene rings is 1. The molecule has 0 unspecified atom stereocenters. The zero-order chi connectivity index (χ0) is 13.7. The van der Waals surface area contributed by atoms with Crippen molar-refractivity contribution in [1.29, 1.82) is 0 Å². The third-order valence-electron chi connectivity index (χ3n) is 2.24. The van der Waals surface area contributed by atoms with Gasteiger partial charge in [0.15, 0.2) is 0 Å². The molecule has 1 aromatic carbocycles. The summed E-state index contributed by atoms with van der Waals surface area (Å²) in [5, 5.41) is 8.80. The summed E-state index contributed by atoms with van der Waals surface area (Å²) in [4.78, 5) is 24.1. The van der Waals surface area contributed by atoms with Crippen LogP contribution in [-0.4, -0.2) is 43.2 Å². The fourth-order valence-corrected chi connectivity index (χ4v) is 1.41. The average molecular weight is 249 g/mol. The van der Waals surface area contributed by atoms with Gasteiger partial charge in [-0.15, -0.1) is 0 Å². The number of carbonyl (C=O) groups is 2. The van der Waals surface area contributed by atoms with Crippen molar-refractivity contribution in [2.45, 2.75) is 0 Å². The fraction of sp³-hybridized carbons (Fsp3) is 0.231. The molecule has 0 radical (unpaired) electrons. The Bertz CT molecular complexity index is 474. The molecule has 0 fully saturated rings. The first-order valence-corrected chi connectivity index (χ1v) is 5.26. The van der Waals surface area contributed by atoms with Crippen LogP contribution < -0.4 is 0 Å². The number of carboxylic acid groups (broad SMARTS) is 1. The summed E-state index contributed by atoms with van der Waals surface area (Å²) >= 11 is 0. The molecule has 1 aromatic rings. The van der Waals surface area contributed by atoms with E-state index < -0.39 is 11.9 Å². The van der Waals surface area contributed by atoms with Crippen molar-refractivity contribution in [2.75, 3.05) is 21.2 Å². The summed E-state index contributed by atoms with van der Waals surface area (Å²) < 4.78 is 4.70. The molecular weight excluding hydrogens is 234 g/mol. The molecule has 0 saturated heterocycles. The zero-order valence-corrected chi connectivity index (χ0v) is 10.5. The van der Waals surface area contributed by atoms with Crippen LogP contribution in [0.1, 0.15) is 15.9 Å². The Morgan fingerprint density at radius 3 is 2.06 bits per heavy atom. The highest BCUT2D eigenvalue weighted by molar-refractivity contribution is 6.16. The first kappa shape index (κ1) is 13.8. The number of esters is 1. The van der Waals surface area contributed by atoms with Gasteiger partial charge < -0.3 is 14.7 Å². The topological polar surface area (TPSA) is 66.8 Å². The lowest BCUT2D eigenvalue weighted by Gasteiger charge is -2.10. The van der Waals surface area contributed by atoms with E-state index in [1.807, 2.05) is 0 Å². The molecule has 0 aromatic heterocycles. The van der Waals surface area contributed by atoms with E-state index in [4.69, 9.17) is 9.84 Å². The van der Waals surface area contributed by atoms with Crippen molar-refractivity contribution in [1.82, 2.24) is 4.90 Å². The Morgan fingerprint density at radius 2 is 1.67 bits per heavy atom. The van der Waals surface area contributed by atoms with E-state index in [1.165, 1.54) is 19.2 Å². The Morgan fingerprint density at radius 1 is 1.17 bits per heavy atom. The van der Waals surface area contributed by atoms with Crippen molar-refractivity contribution in [3.05, 3.63) is 41.6 Å². The predicted molar refractivity (Wildman–Crippen MR) is 67.1 cm³/mol. The van der Waals surface area contributed by atoms with E-state index in [1.54, 1.807) is 37.3 Å². The minimum Gasteiger partial charge on any atom is -0.478 e. The van der Waals surface area contributed by atoms with Crippen LogP contribution in [0.4, 0.5) is 0 Å². The van der Waals surface area contributed by atoms with E-state index >= 15 is 0 Å². The Labute approximate surface area is 105 Å². The molecule has 0 spiro atoms. The lowest BCUT2D eigenvalue weighted by atomic mass is 10.0. The molecule has 0 atom stereocenters. The lowest BCUT2D eigenvalue weighted by Crippen LogP contribution is -2.10. The molecule has 18 heavy (non-hydrogen) atoms. The molecule has 1 rings (SSSR count). The number of carboxylic acids is 1. The van der Waals surface area contributed by atoms with Crippen LogP contribution in [-0.2, 0) is 9.53 Å². The third kappa shape index (κ3) is 3.35. The summed E-state index contributed by atoms with van der Waals surface area (Å²) in [6, 6.07) is 6.06. The number of ether oxygens (including phenoxy) is 1. The zero-order valence-electron chi connectivity index (χ0n) is 10.5. The minimum absolute atomic E-state index is 0.174. The number of hydrogen-bond donors (Lipinski definition) is 1. The van der Waals surface area contributed by atoms with Gasteiger partial charge in [-0.1, -0.05) is 12.1 Å². The molecule has 0 bridgehead atoms. The first-order valence-electron chi connectivity index (χ1n) is 5.26. The van der Waals surface area contributed by atoms with Gasteiger partial charge in [-0.3, -0.25) is 0 Å². The van der Waals surface area contributed by atoms with Crippen molar-refractivity contribution in [3.63, 3.8) is 0 Å². The number of nitrogens with zero attached hydrogens (tertiary/aromatic N) is 1. The molecule has 0 heterocycles.